The third-order valence-electron chi connectivity index (χ3n) is 2.70. The van der Waals surface area contributed by atoms with Crippen molar-refractivity contribution in [3.05, 3.63) is 48.2 Å². The minimum atomic E-state index is -1.06. The van der Waals surface area contributed by atoms with E-state index in [1.165, 1.54) is 22.7 Å². The van der Waals surface area contributed by atoms with Gasteiger partial charge in [-0.15, -0.1) is 5.10 Å². The van der Waals surface area contributed by atoms with Crippen LogP contribution in [0.3, 0.4) is 0 Å². The molecule has 0 radical (unpaired) electrons. The van der Waals surface area contributed by atoms with E-state index in [4.69, 9.17) is 5.11 Å². The van der Waals surface area contributed by atoms with Crippen molar-refractivity contribution in [3.8, 4) is 17.1 Å². The summed E-state index contributed by atoms with van der Waals surface area (Å²) >= 11 is 0. The van der Waals surface area contributed by atoms with Gasteiger partial charge < -0.3 is 10.2 Å². The van der Waals surface area contributed by atoms with Gasteiger partial charge in [-0.2, -0.15) is 0 Å². The normalized spacial score (nSPS) is 10.7. The smallest absolute Gasteiger partial charge is 0.354 e. The summed E-state index contributed by atoms with van der Waals surface area (Å²) in [5, 5.41) is 22.5. The van der Waals surface area contributed by atoms with Crippen molar-refractivity contribution in [2.45, 2.75) is 0 Å². The second-order valence-electron chi connectivity index (χ2n) is 3.97. The zero-order valence-corrected chi connectivity index (χ0v) is 9.69. The predicted molar refractivity (Wildman–Crippen MR) is 67.0 cm³/mol. The first kappa shape index (κ1) is 11.2. The van der Waals surface area contributed by atoms with Gasteiger partial charge in [-0.1, -0.05) is 6.07 Å². The first-order valence-electron chi connectivity index (χ1n) is 5.53. The van der Waals surface area contributed by atoms with Gasteiger partial charge >= 0.3 is 5.97 Å². The molecule has 0 aliphatic rings. The fourth-order valence-corrected chi connectivity index (χ4v) is 1.80. The molecule has 1 aromatic carbocycles. The van der Waals surface area contributed by atoms with E-state index in [-0.39, 0.29) is 11.4 Å². The van der Waals surface area contributed by atoms with E-state index >= 15 is 0 Å². The second-order valence-corrected chi connectivity index (χ2v) is 3.97. The molecule has 0 aliphatic heterocycles. The number of aromatic carboxylic acids is 1. The quantitative estimate of drug-likeness (QED) is 0.729. The molecule has 6 nitrogen and oxygen atoms in total. The molecule has 2 N–H and O–H groups in total. The van der Waals surface area contributed by atoms with Crippen molar-refractivity contribution in [2.75, 3.05) is 0 Å². The number of nitrogens with zero attached hydrogens (tertiary/aromatic N) is 3. The molecule has 6 heteroatoms. The molecule has 0 bridgehead atoms. The molecule has 94 valence electrons. The highest BCUT2D eigenvalue weighted by Gasteiger charge is 2.12. The number of aromatic nitrogens is 3. The van der Waals surface area contributed by atoms with Crippen LogP contribution in [0.2, 0.25) is 0 Å². The van der Waals surface area contributed by atoms with Crippen molar-refractivity contribution in [3.63, 3.8) is 0 Å². The Labute approximate surface area is 107 Å². The number of phenolic OH excluding ortho intramolecular Hbond substituents is 1. The van der Waals surface area contributed by atoms with E-state index in [9.17, 15) is 9.90 Å². The summed E-state index contributed by atoms with van der Waals surface area (Å²) in [6, 6.07) is 11.2. The maximum atomic E-state index is 11.1. The summed E-state index contributed by atoms with van der Waals surface area (Å²) in [4.78, 5) is 15.3. The van der Waals surface area contributed by atoms with Crippen LogP contribution in [0.1, 0.15) is 10.5 Å². The van der Waals surface area contributed by atoms with Gasteiger partial charge in [-0.05, 0) is 36.4 Å². The van der Waals surface area contributed by atoms with E-state index in [1.54, 1.807) is 24.3 Å². The van der Waals surface area contributed by atoms with Crippen LogP contribution >= 0.6 is 0 Å². The SMILES string of the molecule is O=C(O)c1cccc2nc(-c3ccc(O)cc3)nn12. The van der Waals surface area contributed by atoms with Crippen LogP contribution < -0.4 is 0 Å². The Morgan fingerprint density at radius 2 is 1.84 bits per heavy atom. The van der Waals surface area contributed by atoms with E-state index in [0.29, 0.717) is 17.0 Å². The van der Waals surface area contributed by atoms with Crippen LogP contribution in [-0.4, -0.2) is 30.8 Å². The summed E-state index contributed by atoms with van der Waals surface area (Å²) in [5.74, 6) is -0.500. The number of hydrogen-bond acceptors (Lipinski definition) is 4. The molecule has 0 saturated heterocycles. The topological polar surface area (TPSA) is 87.7 Å². The van der Waals surface area contributed by atoms with E-state index < -0.39 is 5.97 Å². The van der Waals surface area contributed by atoms with Crippen LogP contribution in [-0.2, 0) is 0 Å². The number of rotatable bonds is 2. The zero-order valence-electron chi connectivity index (χ0n) is 9.69. The maximum Gasteiger partial charge on any atom is 0.354 e. The number of benzene rings is 1. The summed E-state index contributed by atoms with van der Waals surface area (Å²) in [5.41, 5.74) is 1.22. The number of carboxylic acid groups (broad SMARTS) is 1. The summed E-state index contributed by atoms with van der Waals surface area (Å²) in [7, 11) is 0. The number of phenols is 1. The van der Waals surface area contributed by atoms with E-state index in [1.807, 2.05) is 0 Å². The Morgan fingerprint density at radius 1 is 1.11 bits per heavy atom. The van der Waals surface area contributed by atoms with Gasteiger partial charge in [0.2, 0.25) is 0 Å². The molecule has 0 amide bonds. The largest absolute Gasteiger partial charge is 0.508 e. The standard InChI is InChI=1S/C13H9N3O3/c17-9-6-4-8(5-7-9)12-14-11-3-1-2-10(13(18)19)16(11)15-12/h1-7,17H,(H,18,19). The van der Waals surface area contributed by atoms with Crippen LogP contribution in [0, 0.1) is 0 Å². The maximum absolute atomic E-state index is 11.1. The van der Waals surface area contributed by atoms with E-state index in [2.05, 4.69) is 10.1 Å². The van der Waals surface area contributed by atoms with Gasteiger partial charge in [0.1, 0.15) is 5.75 Å². The summed E-state index contributed by atoms with van der Waals surface area (Å²) < 4.78 is 1.28. The zero-order chi connectivity index (χ0) is 13.4. The van der Waals surface area contributed by atoms with E-state index in [0.717, 1.165) is 0 Å². The molecule has 0 atom stereocenters. The molecule has 0 unspecified atom stereocenters. The third kappa shape index (κ3) is 1.89. The number of pyridine rings is 1. The van der Waals surface area contributed by atoms with Crippen LogP contribution in [0.4, 0.5) is 0 Å². The first-order chi connectivity index (χ1) is 9.15. The monoisotopic (exact) mass is 255 g/mol. The molecular formula is C13H9N3O3. The molecule has 2 aromatic heterocycles. The van der Waals surface area contributed by atoms with Gasteiger partial charge in [-0.3, -0.25) is 0 Å². The van der Waals surface area contributed by atoms with Gasteiger partial charge in [0.25, 0.3) is 0 Å². The lowest BCUT2D eigenvalue weighted by atomic mass is 10.2. The van der Waals surface area contributed by atoms with Gasteiger partial charge in [0, 0.05) is 5.56 Å². The highest BCUT2D eigenvalue weighted by Crippen LogP contribution is 2.19. The van der Waals surface area contributed by atoms with Crippen molar-refractivity contribution in [1.82, 2.24) is 14.6 Å². The fourth-order valence-electron chi connectivity index (χ4n) is 1.80. The summed E-state index contributed by atoms with van der Waals surface area (Å²) in [6.45, 7) is 0. The molecule has 3 aromatic rings. The number of carbonyl (C=O) groups is 1. The minimum Gasteiger partial charge on any atom is -0.508 e. The van der Waals surface area contributed by atoms with Crippen molar-refractivity contribution >= 4 is 11.6 Å². The number of hydrogen-bond donors (Lipinski definition) is 2. The number of aromatic hydroxyl groups is 1. The lowest BCUT2D eigenvalue weighted by Gasteiger charge is -1.96. The Morgan fingerprint density at radius 3 is 2.53 bits per heavy atom. The summed E-state index contributed by atoms with van der Waals surface area (Å²) in [6.07, 6.45) is 0. The average Bonchev–Trinajstić information content (AvgIpc) is 2.82. The minimum absolute atomic E-state index is 0.0510. The fraction of sp³-hybridized carbons (Fsp3) is 0. The molecule has 0 spiro atoms. The van der Waals surface area contributed by atoms with Crippen molar-refractivity contribution in [2.24, 2.45) is 0 Å². The Bertz CT molecular complexity index is 762. The lowest BCUT2D eigenvalue weighted by Crippen LogP contribution is -2.05. The van der Waals surface area contributed by atoms with Crippen LogP contribution in [0.5, 0.6) is 5.75 Å². The Hall–Kier alpha value is -2.89. The molecule has 2 heterocycles. The third-order valence-corrected chi connectivity index (χ3v) is 2.70. The second kappa shape index (κ2) is 4.09. The Kier molecular flexibility index (Phi) is 2.42. The molecule has 0 fully saturated rings. The number of fused-ring (bicyclic) bond motifs is 1. The highest BCUT2D eigenvalue weighted by atomic mass is 16.4. The van der Waals surface area contributed by atoms with Gasteiger partial charge in [0.15, 0.2) is 17.2 Å². The van der Waals surface area contributed by atoms with Crippen molar-refractivity contribution in [1.29, 1.82) is 0 Å². The number of carboxylic acids is 1. The average molecular weight is 255 g/mol. The first-order valence-corrected chi connectivity index (χ1v) is 5.53. The van der Waals surface area contributed by atoms with Crippen LogP contribution in [0.15, 0.2) is 42.5 Å². The molecule has 0 aliphatic carbocycles. The Balaban J connectivity index is 2.19. The predicted octanol–water partition coefficient (Wildman–Crippen LogP) is 1.80. The van der Waals surface area contributed by atoms with Crippen LogP contribution in [0.25, 0.3) is 17.0 Å². The van der Waals surface area contributed by atoms with Crippen molar-refractivity contribution < 1.29 is 15.0 Å². The molecule has 19 heavy (non-hydrogen) atoms. The molecule has 0 saturated carbocycles. The lowest BCUT2D eigenvalue weighted by molar-refractivity contribution is 0.0687. The molecular weight excluding hydrogens is 246 g/mol. The van der Waals surface area contributed by atoms with Gasteiger partial charge in [-0.25, -0.2) is 14.3 Å². The molecule has 3 rings (SSSR count). The van der Waals surface area contributed by atoms with Gasteiger partial charge in [0.05, 0.1) is 0 Å². The highest BCUT2D eigenvalue weighted by molar-refractivity contribution is 5.86.